The molecule has 2 heteroatoms. The van der Waals surface area contributed by atoms with Crippen molar-refractivity contribution < 1.29 is 4.79 Å². The summed E-state index contributed by atoms with van der Waals surface area (Å²) in [7, 11) is 0. The second-order valence-corrected chi connectivity index (χ2v) is 2.95. The monoisotopic (exact) mass is 125 g/mol. The van der Waals surface area contributed by atoms with Gasteiger partial charge in [-0.1, -0.05) is 6.58 Å². The van der Waals surface area contributed by atoms with Gasteiger partial charge in [0, 0.05) is 12.1 Å². The summed E-state index contributed by atoms with van der Waals surface area (Å²) < 4.78 is 0. The fraction of sp³-hybridized carbons (Fsp3) is 0.571. The lowest BCUT2D eigenvalue weighted by molar-refractivity contribution is -0.121. The lowest BCUT2D eigenvalue weighted by Gasteiger charge is -2.15. The number of rotatable bonds is 0. The van der Waals surface area contributed by atoms with E-state index < -0.39 is 0 Å². The second kappa shape index (κ2) is 1.59. The largest absolute Gasteiger partial charge is 0.377 e. The van der Waals surface area contributed by atoms with Crippen LogP contribution in [-0.2, 0) is 4.79 Å². The number of hydrogen-bond acceptors (Lipinski definition) is 2. The molecule has 0 aromatic carbocycles. The molecule has 1 N–H and O–H groups in total. The average molecular weight is 125 g/mol. The molecule has 0 amide bonds. The van der Waals surface area contributed by atoms with Gasteiger partial charge in [0.2, 0.25) is 0 Å². The first kappa shape index (κ1) is 6.33. The Morgan fingerprint density at radius 2 is 2.22 bits per heavy atom. The van der Waals surface area contributed by atoms with Crippen LogP contribution in [0.5, 0.6) is 0 Å². The van der Waals surface area contributed by atoms with Gasteiger partial charge in [-0.3, -0.25) is 4.79 Å². The smallest absolute Gasteiger partial charge is 0.163 e. The maximum atomic E-state index is 11.0. The lowest BCUT2D eigenvalue weighted by atomic mass is 10.0. The van der Waals surface area contributed by atoms with Crippen molar-refractivity contribution in [2.45, 2.75) is 25.8 Å². The zero-order valence-corrected chi connectivity index (χ0v) is 5.82. The maximum absolute atomic E-state index is 11.0. The van der Waals surface area contributed by atoms with Gasteiger partial charge in [-0.05, 0) is 13.8 Å². The summed E-state index contributed by atoms with van der Waals surface area (Å²) in [6, 6.07) is 0. The van der Waals surface area contributed by atoms with Crippen molar-refractivity contribution in [1.82, 2.24) is 5.32 Å². The summed E-state index contributed by atoms with van der Waals surface area (Å²) in [5.41, 5.74) is 0.474. The average Bonchev–Trinajstić information content (AvgIpc) is 1.79. The number of allylic oxidation sites excluding steroid dienone is 1. The van der Waals surface area contributed by atoms with Gasteiger partial charge in [0.25, 0.3) is 0 Å². The van der Waals surface area contributed by atoms with Crippen LogP contribution in [0.2, 0.25) is 0 Å². The molecule has 0 aromatic rings. The molecule has 0 aliphatic carbocycles. The Morgan fingerprint density at radius 1 is 1.67 bits per heavy atom. The molecule has 9 heavy (non-hydrogen) atoms. The van der Waals surface area contributed by atoms with Crippen molar-refractivity contribution in [2.75, 3.05) is 0 Å². The van der Waals surface area contributed by atoms with Gasteiger partial charge < -0.3 is 5.32 Å². The second-order valence-electron chi connectivity index (χ2n) is 2.95. The topological polar surface area (TPSA) is 29.1 Å². The zero-order chi connectivity index (χ0) is 7.07. The van der Waals surface area contributed by atoms with E-state index in [1.54, 1.807) is 0 Å². The highest BCUT2D eigenvalue weighted by molar-refractivity contribution is 5.92. The van der Waals surface area contributed by atoms with Gasteiger partial charge >= 0.3 is 0 Å². The summed E-state index contributed by atoms with van der Waals surface area (Å²) in [6.45, 7) is 7.41. The van der Waals surface area contributed by atoms with Crippen LogP contribution in [-0.4, -0.2) is 11.3 Å². The van der Waals surface area contributed by atoms with E-state index in [1.165, 1.54) is 0 Å². The van der Waals surface area contributed by atoms with Crippen molar-refractivity contribution in [3.8, 4) is 0 Å². The van der Waals surface area contributed by atoms with E-state index in [1.807, 2.05) is 13.8 Å². The molecule has 1 saturated heterocycles. The Morgan fingerprint density at radius 3 is 2.33 bits per heavy atom. The molecule has 0 saturated carbocycles. The van der Waals surface area contributed by atoms with Gasteiger partial charge in [-0.15, -0.1) is 0 Å². The third kappa shape index (κ3) is 0.969. The SMILES string of the molecule is C=C1CC(=O)C(C)(C)N1. The molecule has 2 nitrogen and oxygen atoms in total. The number of ketones is 1. The Hall–Kier alpha value is -0.790. The van der Waals surface area contributed by atoms with Gasteiger partial charge in [-0.2, -0.15) is 0 Å². The van der Waals surface area contributed by atoms with Crippen LogP contribution >= 0.6 is 0 Å². The summed E-state index contributed by atoms with van der Waals surface area (Å²) in [6.07, 6.45) is 0.493. The van der Waals surface area contributed by atoms with Crippen molar-refractivity contribution in [3.05, 3.63) is 12.3 Å². The number of hydrogen-bond donors (Lipinski definition) is 1. The predicted octanol–water partition coefficient (Wildman–Crippen LogP) is 0.841. The van der Waals surface area contributed by atoms with Crippen LogP contribution in [0.4, 0.5) is 0 Å². The molecule has 0 spiro atoms. The standard InChI is InChI=1S/C7H11NO/c1-5-4-6(9)7(2,3)8-5/h8H,1,4H2,2-3H3. The van der Waals surface area contributed by atoms with Crippen LogP contribution in [0.15, 0.2) is 12.3 Å². The summed E-state index contributed by atoms with van der Waals surface area (Å²) >= 11 is 0. The van der Waals surface area contributed by atoms with E-state index >= 15 is 0 Å². The van der Waals surface area contributed by atoms with Crippen LogP contribution in [0, 0.1) is 0 Å². The van der Waals surface area contributed by atoms with Crippen molar-refractivity contribution in [1.29, 1.82) is 0 Å². The highest BCUT2D eigenvalue weighted by Crippen LogP contribution is 2.19. The quantitative estimate of drug-likeness (QED) is 0.519. The molecule has 1 fully saturated rings. The molecule has 1 rings (SSSR count). The molecule has 0 unspecified atom stereocenters. The third-order valence-electron chi connectivity index (χ3n) is 1.56. The highest BCUT2D eigenvalue weighted by atomic mass is 16.1. The molecule has 1 aliphatic heterocycles. The molecule has 0 radical (unpaired) electrons. The Balaban J connectivity index is 2.81. The molecule has 0 aromatic heterocycles. The van der Waals surface area contributed by atoms with Gasteiger partial charge in [0.05, 0.1) is 5.54 Å². The molecule has 0 atom stereocenters. The minimum absolute atomic E-state index is 0.229. The minimum atomic E-state index is -0.364. The van der Waals surface area contributed by atoms with Crippen LogP contribution in [0.3, 0.4) is 0 Å². The number of Topliss-reactive ketones (excluding diaryl/α,β-unsaturated/α-hetero) is 1. The van der Waals surface area contributed by atoms with Crippen LogP contribution < -0.4 is 5.32 Å². The molecular weight excluding hydrogens is 114 g/mol. The maximum Gasteiger partial charge on any atom is 0.163 e. The Kier molecular flexibility index (Phi) is 1.12. The van der Waals surface area contributed by atoms with E-state index in [4.69, 9.17) is 0 Å². The fourth-order valence-electron chi connectivity index (χ4n) is 0.971. The van der Waals surface area contributed by atoms with E-state index in [9.17, 15) is 4.79 Å². The Bertz CT molecular complexity index is 170. The van der Waals surface area contributed by atoms with E-state index in [2.05, 4.69) is 11.9 Å². The van der Waals surface area contributed by atoms with Gasteiger partial charge in [0.15, 0.2) is 5.78 Å². The molecule has 1 aliphatic rings. The normalized spacial score (nSPS) is 24.2. The van der Waals surface area contributed by atoms with Crippen molar-refractivity contribution >= 4 is 5.78 Å². The summed E-state index contributed by atoms with van der Waals surface area (Å²) in [5.74, 6) is 0.229. The predicted molar refractivity (Wildman–Crippen MR) is 36.0 cm³/mol. The summed E-state index contributed by atoms with van der Waals surface area (Å²) in [4.78, 5) is 11.0. The first-order valence-electron chi connectivity index (χ1n) is 3.01. The van der Waals surface area contributed by atoms with Gasteiger partial charge in [0.1, 0.15) is 0 Å². The zero-order valence-electron chi connectivity index (χ0n) is 5.82. The molecular formula is C7H11NO. The number of carbonyl (C=O) groups is 1. The van der Waals surface area contributed by atoms with E-state index in [-0.39, 0.29) is 11.3 Å². The first-order valence-corrected chi connectivity index (χ1v) is 3.01. The number of carbonyl (C=O) groups excluding carboxylic acids is 1. The number of nitrogens with one attached hydrogen (secondary N) is 1. The summed E-state index contributed by atoms with van der Waals surface area (Å²) in [5, 5.41) is 3.00. The molecule has 1 heterocycles. The van der Waals surface area contributed by atoms with Gasteiger partial charge in [-0.25, -0.2) is 0 Å². The van der Waals surface area contributed by atoms with Crippen molar-refractivity contribution in [2.24, 2.45) is 0 Å². The molecule has 0 bridgehead atoms. The Labute approximate surface area is 54.9 Å². The van der Waals surface area contributed by atoms with E-state index in [0.717, 1.165) is 5.70 Å². The van der Waals surface area contributed by atoms with Crippen LogP contribution in [0.1, 0.15) is 20.3 Å². The van der Waals surface area contributed by atoms with Crippen molar-refractivity contribution in [3.63, 3.8) is 0 Å². The first-order chi connectivity index (χ1) is 4.02. The fourth-order valence-corrected chi connectivity index (χ4v) is 0.971. The van der Waals surface area contributed by atoms with E-state index in [0.29, 0.717) is 6.42 Å². The highest BCUT2D eigenvalue weighted by Gasteiger charge is 2.33. The third-order valence-corrected chi connectivity index (χ3v) is 1.56. The molecule has 50 valence electrons. The van der Waals surface area contributed by atoms with Crippen LogP contribution in [0.25, 0.3) is 0 Å². The minimum Gasteiger partial charge on any atom is -0.377 e. The lowest BCUT2D eigenvalue weighted by Crippen LogP contribution is -2.37.